The molecule has 2 aromatic heterocycles. The summed E-state index contributed by atoms with van der Waals surface area (Å²) in [5, 5.41) is 10.7. The fourth-order valence-electron chi connectivity index (χ4n) is 3.83. The quantitative estimate of drug-likeness (QED) is 0.601. The van der Waals surface area contributed by atoms with E-state index in [9.17, 15) is 4.79 Å². The van der Waals surface area contributed by atoms with Crippen LogP contribution in [0.15, 0.2) is 35.0 Å². The number of aryl methyl sites for hydroxylation is 1. The number of hydrogen-bond donors (Lipinski definition) is 2. The minimum atomic E-state index is -0.344. The van der Waals surface area contributed by atoms with Crippen molar-refractivity contribution in [2.75, 3.05) is 27.3 Å². The molecule has 0 aliphatic carbocycles. The Balaban J connectivity index is 1.56. The molecule has 9 nitrogen and oxygen atoms in total. The molecule has 4 rings (SSSR count). The third kappa shape index (κ3) is 4.38. The second kappa shape index (κ2) is 8.99. The van der Waals surface area contributed by atoms with Crippen molar-refractivity contribution in [3.63, 3.8) is 0 Å². The Kier molecular flexibility index (Phi) is 6.15. The fourth-order valence-corrected chi connectivity index (χ4v) is 4.05. The van der Waals surface area contributed by atoms with Crippen molar-refractivity contribution in [2.45, 2.75) is 18.4 Å². The first kappa shape index (κ1) is 21.2. The van der Waals surface area contributed by atoms with Gasteiger partial charge >= 0.3 is 0 Å². The number of hydrogen-bond acceptors (Lipinski definition) is 7. The lowest BCUT2D eigenvalue weighted by atomic mass is 9.85. The Morgan fingerprint density at radius 2 is 2.00 bits per heavy atom. The Labute approximate surface area is 184 Å². The van der Waals surface area contributed by atoms with Gasteiger partial charge in [0.2, 0.25) is 0 Å². The molecular weight excluding hydrogens is 422 g/mol. The van der Waals surface area contributed by atoms with Gasteiger partial charge in [0.05, 0.1) is 19.2 Å². The van der Waals surface area contributed by atoms with Crippen LogP contribution in [0.3, 0.4) is 0 Å². The highest BCUT2D eigenvalue weighted by molar-refractivity contribution is 6.33. The maximum absolute atomic E-state index is 13.0. The van der Waals surface area contributed by atoms with Crippen LogP contribution >= 0.6 is 11.6 Å². The number of amides is 1. The predicted octanol–water partition coefficient (Wildman–Crippen LogP) is 2.62. The van der Waals surface area contributed by atoms with Crippen LogP contribution in [-0.2, 0) is 7.05 Å². The number of ether oxygens (including phenoxy) is 2. The molecule has 2 atom stereocenters. The van der Waals surface area contributed by atoms with Crippen molar-refractivity contribution in [3.05, 3.63) is 46.9 Å². The first-order chi connectivity index (χ1) is 15.0. The Morgan fingerprint density at radius 1 is 1.26 bits per heavy atom. The number of rotatable bonds is 6. The molecule has 3 aromatic rings. The van der Waals surface area contributed by atoms with E-state index in [2.05, 4.69) is 20.7 Å². The molecule has 0 bridgehead atoms. The van der Waals surface area contributed by atoms with Crippen molar-refractivity contribution >= 4 is 17.5 Å². The van der Waals surface area contributed by atoms with Crippen LogP contribution in [0.1, 0.15) is 28.5 Å². The lowest BCUT2D eigenvalue weighted by Gasteiger charge is -2.33. The Morgan fingerprint density at radius 3 is 2.65 bits per heavy atom. The summed E-state index contributed by atoms with van der Waals surface area (Å²) in [7, 11) is 4.97. The Bertz CT molecular complexity index is 1060. The number of benzene rings is 1. The van der Waals surface area contributed by atoms with Crippen molar-refractivity contribution in [2.24, 2.45) is 7.05 Å². The molecule has 10 heteroatoms. The number of carbonyl (C=O) groups excluding carboxylic acids is 1. The van der Waals surface area contributed by atoms with Gasteiger partial charge in [-0.2, -0.15) is 5.10 Å². The van der Waals surface area contributed by atoms with E-state index in [1.54, 1.807) is 21.3 Å². The highest BCUT2D eigenvalue weighted by atomic mass is 35.5. The lowest BCUT2D eigenvalue weighted by molar-refractivity contribution is 0.0897. The molecule has 0 saturated carbocycles. The molecule has 0 unspecified atom stereocenters. The van der Waals surface area contributed by atoms with E-state index >= 15 is 0 Å². The summed E-state index contributed by atoms with van der Waals surface area (Å²) in [5.74, 6) is 2.04. The van der Waals surface area contributed by atoms with Gasteiger partial charge in [-0.1, -0.05) is 11.6 Å². The maximum Gasteiger partial charge on any atom is 0.287 e. The van der Waals surface area contributed by atoms with Crippen LogP contribution in [0.2, 0.25) is 5.02 Å². The molecule has 164 valence electrons. The third-order valence-electron chi connectivity index (χ3n) is 5.43. The van der Waals surface area contributed by atoms with E-state index in [1.165, 1.54) is 17.1 Å². The molecule has 2 N–H and O–H groups in total. The Hall–Kier alpha value is -3.04. The first-order valence-corrected chi connectivity index (χ1v) is 10.3. The number of halogens is 1. The van der Waals surface area contributed by atoms with Crippen LogP contribution in [0, 0.1) is 0 Å². The first-order valence-electron chi connectivity index (χ1n) is 9.88. The second-order valence-electron chi connectivity index (χ2n) is 7.32. The molecular formula is C21H24ClN5O4. The van der Waals surface area contributed by atoms with E-state index in [-0.39, 0.29) is 23.6 Å². The van der Waals surface area contributed by atoms with Crippen molar-refractivity contribution in [1.82, 2.24) is 25.4 Å². The number of piperidine rings is 1. The zero-order chi connectivity index (χ0) is 22.0. The van der Waals surface area contributed by atoms with Gasteiger partial charge in [-0.05, 0) is 30.7 Å². The molecule has 0 spiro atoms. The molecule has 3 heterocycles. The average molecular weight is 446 g/mol. The van der Waals surface area contributed by atoms with E-state index < -0.39 is 0 Å². The lowest BCUT2D eigenvalue weighted by Crippen LogP contribution is -2.50. The topological polar surface area (TPSA) is 103 Å². The van der Waals surface area contributed by atoms with Crippen LogP contribution < -0.4 is 20.1 Å². The number of carbonyl (C=O) groups is 1. The van der Waals surface area contributed by atoms with E-state index in [0.29, 0.717) is 34.7 Å². The number of nitrogens with one attached hydrogen (secondary N) is 2. The molecule has 1 saturated heterocycles. The van der Waals surface area contributed by atoms with Gasteiger partial charge in [-0.25, -0.2) is 9.67 Å². The highest BCUT2D eigenvalue weighted by Gasteiger charge is 2.30. The van der Waals surface area contributed by atoms with Gasteiger partial charge in [0.1, 0.15) is 17.8 Å². The van der Waals surface area contributed by atoms with Gasteiger partial charge in [0.25, 0.3) is 5.91 Å². The SMILES string of the molecule is COc1cc(OC)cc([C@H]2CCNC[C@@H]2NC(=O)c2cc(Cl)c(-c3ncnn3C)o2)c1. The van der Waals surface area contributed by atoms with Gasteiger partial charge in [-0.3, -0.25) is 4.79 Å². The number of methoxy groups -OCH3 is 2. The minimum Gasteiger partial charge on any atom is -0.497 e. The summed E-state index contributed by atoms with van der Waals surface area (Å²) in [6.45, 7) is 1.47. The van der Waals surface area contributed by atoms with Crippen LogP contribution in [0.5, 0.6) is 11.5 Å². The van der Waals surface area contributed by atoms with Gasteiger partial charge in [0.15, 0.2) is 17.3 Å². The highest BCUT2D eigenvalue weighted by Crippen LogP contribution is 2.33. The van der Waals surface area contributed by atoms with E-state index in [0.717, 1.165) is 18.5 Å². The summed E-state index contributed by atoms with van der Waals surface area (Å²) in [5.41, 5.74) is 1.04. The zero-order valence-corrected chi connectivity index (χ0v) is 18.3. The maximum atomic E-state index is 13.0. The van der Waals surface area contributed by atoms with Gasteiger partial charge in [-0.15, -0.1) is 0 Å². The summed E-state index contributed by atoms with van der Waals surface area (Å²) < 4.78 is 18.1. The summed E-state index contributed by atoms with van der Waals surface area (Å²) in [6.07, 6.45) is 2.25. The second-order valence-corrected chi connectivity index (χ2v) is 7.73. The fraction of sp³-hybridized carbons (Fsp3) is 0.381. The standard InChI is InChI=1S/C21H24ClN5O4/c1-27-20(24-11-25-27)19-16(22)9-18(31-19)21(28)26-17-10-23-5-4-15(17)12-6-13(29-2)8-14(7-12)30-3/h6-9,11,15,17,23H,4-5,10H2,1-3H3,(H,26,28)/t15-,17+/m1/s1. The summed E-state index contributed by atoms with van der Waals surface area (Å²) >= 11 is 6.29. The molecule has 31 heavy (non-hydrogen) atoms. The van der Waals surface area contributed by atoms with Crippen LogP contribution in [0.25, 0.3) is 11.6 Å². The molecule has 1 aliphatic rings. The molecule has 0 radical (unpaired) electrons. The number of nitrogens with zero attached hydrogens (tertiary/aromatic N) is 3. The molecule has 1 amide bonds. The largest absolute Gasteiger partial charge is 0.497 e. The van der Waals surface area contributed by atoms with E-state index in [1.807, 2.05) is 18.2 Å². The van der Waals surface area contributed by atoms with Gasteiger partial charge < -0.3 is 24.5 Å². The number of furan rings is 1. The summed E-state index contributed by atoms with van der Waals surface area (Å²) in [6, 6.07) is 7.14. The van der Waals surface area contributed by atoms with Crippen molar-refractivity contribution in [1.29, 1.82) is 0 Å². The molecule has 1 aromatic carbocycles. The zero-order valence-electron chi connectivity index (χ0n) is 17.5. The molecule has 1 aliphatic heterocycles. The van der Waals surface area contributed by atoms with Crippen LogP contribution in [-0.4, -0.2) is 54.0 Å². The normalized spacial score (nSPS) is 18.6. The molecule has 1 fully saturated rings. The summed E-state index contributed by atoms with van der Waals surface area (Å²) in [4.78, 5) is 17.1. The third-order valence-corrected chi connectivity index (χ3v) is 5.71. The van der Waals surface area contributed by atoms with Crippen molar-refractivity contribution < 1.29 is 18.7 Å². The minimum absolute atomic E-state index is 0.0813. The smallest absolute Gasteiger partial charge is 0.287 e. The average Bonchev–Trinajstić information content (AvgIpc) is 3.38. The van der Waals surface area contributed by atoms with Crippen LogP contribution in [0.4, 0.5) is 0 Å². The monoisotopic (exact) mass is 445 g/mol. The predicted molar refractivity (Wildman–Crippen MR) is 115 cm³/mol. The van der Waals surface area contributed by atoms with E-state index in [4.69, 9.17) is 25.5 Å². The van der Waals surface area contributed by atoms with Crippen molar-refractivity contribution in [3.8, 4) is 23.1 Å². The number of aromatic nitrogens is 3. The van der Waals surface area contributed by atoms with Gasteiger partial charge in [0, 0.05) is 37.7 Å².